The molecular formula is C23H25N3O3S. The number of hydrogen-bond donors (Lipinski definition) is 0. The van der Waals surface area contributed by atoms with Crippen LogP contribution in [0.4, 0.5) is 0 Å². The number of para-hydroxylation sites is 2. The number of thioether (sulfide) groups is 1. The number of carbonyl (C=O) groups excluding carboxylic acids is 1. The van der Waals surface area contributed by atoms with Gasteiger partial charge in [0.05, 0.1) is 5.25 Å². The maximum atomic E-state index is 13.1. The van der Waals surface area contributed by atoms with Crippen LogP contribution in [-0.4, -0.2) is 32.4 Å². The second-order valence-corrected chi connectivity index (χ2v) is 8.95. The minimum atomic E-state index is -0.347. The summed E-state index contributed by atoms with van der Waals surface area (Å²) in [5, 5.41) is 9.01. The molecule has 0 bridgehead atoms. The lowest BCUT2D eigenvalue weighted by Crippen LogP contribution is -2.24. The summed E-state index contributed by atoms with van der Waals surface area (Å²) in [4.78, 5) is 13.1. The molecule has 2 unspecified atom stereocenters. The van der Waals surface area contributed by atoms with E-state index in [4.69, 9.17) is 9.47 Å². The van der Waals surface area contributed by atoms with E-state index in [1.165, 1.54) is 17.3 Å². The van der Waals surface area contributed by atoms with Crippen molar-refractivity contribution >= 4 is 17.5 Å². The van der Waals surface area contributed by atoms with Gasteiger partial charge in [0.2, 0.25) is 0 Å². The lowest BCUT2D eigenvalue weighted by Gasteiger charge is -2.25. The standard InChI is InChI=1S/C23H25N3O3S/c1-13-10-15(3)17(11-14(13)2)21(27)16(4)30-23-25-24-22(26(23)5)20-12-28-18-8-6-7-9-19(18)29-20/h6-11,16,20H,12H2,1-5H3. The lowest BCUT2D eigenvalue weighted by molar-refractivity contribution is 0.0825. The Hall–Kier alpha value is -2.80. The molecule has 3 aromatic rings. The van der Waals surface area contributed by atoms with Crippen LogP contribution in [0.2, 0.25) is 0 Å². The number of nitrogens with zero attached hydrogens (tertiary/aromatic N) is 3. The van der Waals surface area contributed by atoms with Crippen LogP contribution in [0.25, 0.3) is 0 Å². The van der Waals surface area contributed by atoms with Gasteiger partial charge in [-0.1, -0.05) is 30.0 Å². The second-order valence-electron chi connectivity index (χ2n) is 7.64. The van der Waals surface area contributed by atoms with Crippen LogP contribution in [0.5, 0.6) is 11.5 Å². The molecular weight excluding hydrogens is 398 g/mol. The van der Waals surface area contributed by atoms with E-state index in [0.29, 0.717) is 23.3 Å². The van der Waals surface area contributed by atoms with Gasteiger partial charge in [0.15, 0.2) is 34.4 Å². The molecule has 7 heteroatoms. The van der Waals surface area contributed by atoms with Gasteiger partial charge in [0.25, 0.3) is 0 Å². The highest BCUT2D eigenvalue weighted by atomic mass is 32.2. The third kappa shape index (κ3) is 3.81. The summed E-state index contributed by atoms with van der Waals surface area (Å²) in [5.41, 5.74) is 4.08. The molecule has 6 nitrogen and oxygen atoms in total. The number of ketones is 1. The fourth-order valence-electron chi connectivity index (χ4n) is 3.51. The Balaban J connectivity index is 1.51. The molecule has 0 spiro atoms. The van der Waals surface area contributed by atoms with Gasteiger partial charge < -0.3 is 14.0 Å². The molecule has 30 heavy (non-hydrogen) atoms. The zero-order valence-electron chi connectivity index (χ0n) is 17.8. The Morgan fingerprint density at radius 3 is 2.57 bits per heavy atom. The molecule has 0 aliphatic carbocycles. The molecule has 1 aromatic heterocycles. The molecule has 0 radical (unpaired) electrons. The Morgan fingerprint density at radius 1 is 1.10 bits per heavy atom. The van der Waals surface area contributed by atoms with E-state index in [9.17, 15) is 4.79 Å². The summed E-state index contributed by atoms with van der Waals surface area (Å²) >= 11 is 1.41. The molecule has 0 fully saturated rings. The van der Waals surface area contributed by atoms with E-state index >= 15 is 0 Å². The van der Waals surface area contributed by atoms with E-state index in [0.717, 1.165) is 22.4 Å². The van der Waals surface area contributed by atoms with Crippen molar-refractivity contribution in [2.24, 2.45) is 7.05 Å². The Kier molecular flexibility index (Phi) is 5.56. The Morgan fingerprint density at radius 2 is 1.80 bits per heavy atom. The predicted octanol–water partition coefficient (Wildman–Crippen LogP) is 4.62. The molecule has 0 N–H and O–H groups in total. The van der Waals surface area contributed by atoms with Crippen molar-refractivity contribution in [2.45, 2.75) is 44.2 Å². The monoisotopic (exact) mass is 423 g/mol. The van der Waals surface area contributed by atoms with E-state index in [1.807, 2.05) is 62.7 Å². The van der Waals surface area contributed by atoms with Gasteiger partial charge in [0, 0.05) is 12.6 Å². The zero-order valence-corrected chi connectivity index (χ0v) is 18.6. The first kappa shape index (κ1) is 20.5. The highest BCUT2D eigenvalue weighted by Crippen LogP contribution is 2.36. The number of benzene rings is 2. The third-order valence-electron chi connectivity index (χ3n) is 5.42. The van der Waals surface area contributed by atoms with Crippen LogP contribution < -0.4 is 9.47 Å². The molecule has 2 heterocycles. The lowest BCUT2D eigenvalue weighted by atomic mass is 9.97. The van der Waals surface area contributed by atoms with E-state index in [-0.39, 0.29) is 17.1 Å². The Labute approximate surface area is 180 Å². The quantitative estimate of drug-likeness (QED) is 0.441. The minimum absolute atomic E-state index is 0.0938. The van der Waals surface area contributed by atoms with Gasteiger partial charge in [-0.05, 0) is 62.6 Å². The second kappa shape index (κ2) is 8.14. The largest absolute Gasteiger partial charge is 0.485 e. The molecule has 0 saturated carbocycles. The van der Waals surface area contributed by atoms with Gasteiger partial charge in [-0.2, -0.15) is 0 Å². The Bertz CT molecular complexity index is 1110. The summed E-state index contributed by atoms with van der Waals surface area (Å²) < 4.78 is 13.7. The molecule has 2 aromatic carbocycles. The number of aryl methyl sites for hydroxylation is 3. The van der Waals surface area contributed by atoms with Crippen molar-refractivity contribution in [3.8, 4) is 11.5 Å². The molecule has 0 saturated heterocycles. The summed E-state index contributed by atoms with van der Waals surface area (Å²) in [5.74, 6) is 2.19. The molecule has 156 valence electrons. The van der Waals surface area contributed by atoms with Crippen LogP contribution in [0.3, 0.4) is 0 Å². The average molecular weight is 424 g/mol. The number of fused-ring (bicyclic) bond motifs is 1. The van der Waals surface area contributed by atoms with Crippen molar-refractivity contribution in [3.05, 3.63) is 64.5 Å². The maximum absolute atomic E-state index is 13.1. The van der Waals surface area contributed by atoms with Crippen LogP contribution >= 0.6 is 11.8 Å². The molecule has 1 aliphatic heterocycles. The van der Waals surface area contributed by atoms with Crippen LogP contribution in [-0.2, 0) is 7.05 Å². The molecule has 1 aliphatic rings. The summed E-state index contributed by atoms with van der Waals surface area (Å²) in [7, 11) is 1.89. The zero-order chi connectivity index (χ0) is 21.4. The number of Topliss-reactive ketones (excluding diaryl/α,β-unsaturated/α-hetero) is 1. The van der Waals surface area contributed by atoms with Crippen LogP contribution in [0.1, 0.15) is 45.9 Å². The SMILES string of the molecule is Cc1cc(C)c(C(=O)C(C)Sc2nnc(C3COc4ccccc4O3)n2C)cc1C. The smallest absolute Gasteiger partial charge is 0.192 e. The fourth-order valence-corrected chi connectivity index (χ4v) is 4.40. The molecule has 4 rings (SSSR count). The third-order valence-corrected chi connectivity index (χ3v) is 6.56. The van der Waals surface area contributed by atoms with Crippen LogP contribution in [0.15, 0.2) is 41.6 Å². The first-order valence-corrected chi connectivity index (χ1v) is 10.8. The van der Waals surface area contributed by atoms with E-state index in [1.54, 1.807) is 0 Å². The molecule has 0 amide bonds. The van der Waals surface area contributed by atoms with Gasteiger partial charge in [-0.3, -0.25) is 4.79 Å². The highest BCUT2D eigenvalue weighted by molar-refractivity contribution is 8.00. The van der Waals surface area contributed by atoms with Crippen molar-refractivity contribution in [3.63, 3.8) is 0 Å². The fraction of sp³-hybridized carbons (Fsp3) is 0.348. The minimum Gasteiger partial charge on any atom is -0.485 e. The first-order valence-electron chi connectivity index (χ1n) is 9.91. The number of ether oxygens (including phenoxy) is 2. The van der Waals surface area contributed by atoms with E-state index in [2.05, 4.69) is 23.2 Å². The van der Waals surface area contributed by atoms with Crippen LogP contribution in [0, 0.1) is 20.8 Å². The normalized spacial score (nSPS) is 16.4. The maximum Gasteiger partial charge on any atom is 0.192 e. The first-order chi connectivity index (χ1) is 14.3. The predicted molar refractivity (Wildman–Crippen MR) is 117 cm³/mol. The summed E-state index contributed by atoms with van der Waals surface area (Å²) in [6.07, 6.45) is -0.347. The summed E-state index contributed by atoms with van der Waals surface area (Å²) in [6, 6.07) is 11.6. The summed E-state index contributed by atoms with van der Waals surface area (Å²) in [6.45, 7) is 8.35. The number of hydrogen-bond acceptors (Lipinski definition) is 6. The van der Waals surface area contributed by atoms with Crippen molar-refractivity contribution in [2.75, 3.05) is 6.61 Å². The number of rotatable bonds is 5. The average Bonchev–Trinajstić information content (AvgIpc) is 3.10. The van der Waals surface area contributed by atoms with Gasteiger partial charge in [0.1, 0.15) is 6.61 Å². The van der Waals surface area contributed by atoms with E-state index < -0.39 is 0 Å². The van der Waals surface area contributed by atoms with Gasteiger partial charge >= 0.3 is 0 Å². The van der Waals surface area contributed by atoms with Crippen molar-refractivity contribution < 1.29 is 14.3 Å². The number of carbonyl (C=O) groups is 1. The van der Waals surface area contributed by atoms with Crippen molar-refractivity contribution in [1.29, 1.82) is 0 Å². The highest BCUT2D eigenvalue weighted by Gasteiger charge is 2.29. The topological polar surface area (TPSA) is 66.2 Å². The molecule has 2 atom stereocenters. The number of aromatic nitrogens is 3. The van der Waals surface area contributed by atoms with Gasteiger partial charge in [-0.15, -0.1) is 10.2 Å². The van der Waals surface area contributed by atoms with Crippen molar-refractivity contribution in [1.82, 2.24) is 14.8 Å². The van der Waals surface area contributed by atoms with Gasteiger partial charge in [-0.25, -0.2) is 0 Å².